The molecule has 3 aromatic rings. The number of amides is 3. The first-order valence-electron chi connectivity index (χ1n) is 10.9. The van der Waals surface area contributed by atoms with Crippen LogP contribution in [0.5, 0.6) is 0 Å². The molecule has 9 heteroatoms. The Hall–Kier alpha value is -3.33. The van der Waals surface area contributed by atoms with Gasteiger partial charge in [0, 0.05) is 18.2 Å². The van der Waals surface area contributed by atoms with E-state index in [1.54, 1.807) is 6.20 Å². The van der Waals surface area contributed by atoms with Gasteiger partial charge >= 0.3 is 6.03 Å². The van der Waals surface area contributed by atoms with Crippen LogP contribution in [0, 0.1) is 13.8 Å². The van der Waals surface area contributed by atoms with E-state index in [9.17, 15) is 9.59 Å². The molecular formula is C24H28N6O2S. The Balaban J connectivity index is 1.58. The third kappa shape index (κ3) is 4.59. The molecule has 1 saturated heterocycles. The average Bonchev–Trinajstić information content (AvgIpc) is 3.41. The number of likely N-dealkylation sites (tertiary alicyclic amines) is 1. The summed E-state index contributed by atoms with van der Waals surface area (Å²) in [7, 11) is 0. The third-order valence-electron chi connectivity index (χ3n) is 6.07. The number of benzene rings is 1. The number of carbonyl (C=O) groups is 2. The molecule has 1 aliphatic rings. The highest BCUT2D eigenvalue weighted by Gasteiger charge is 2.33. The third-order valence-corrected chi connectivity index (χ3v) is 7.17. The number of rotatable bonds is 5. The molecule has 33 heavy (non-hydrogen) atoms. The maximum Gasteiger partial charge on any atom is 0.324 e. The van der Waals surface area contributed by atoms with E-state index in [0.717, 1.165) is 28.2 Å². The minimum absolute atomic E-state index is 0.361. The maximum atomic E-state index is 12.7. The van der Waals surface area contributed by atoms with E-state index < -0.39 is 11.9 Å². The van der Waals surface area contributed by atoms with Gasteiger partial charge < -0.3 is 10.6 Å². The summed E-state index contributed by atoms with van der Waals surface area (Å²) in [6, 6.07) is 9.31. The molecule has 1 aromatic carbocycles. The van der Waals surface area contributed by atoms with Crippen molar-refractivity contribution in [2.24, 2.45) is 5.73 Å². The molecule has 0 radical (unpaired) electrons. The van der Waals surface area contributed by atoms with Crippen molar-refractivity contribution in [2.75, 3.05) is 11.9 Å². The number of hydrogen-bond donors (Lipinski definition) is 2. The Labute approximate surface area is 197 Å². The number of aryl methyl sites for hydroxylation is 2. The zero-order valence-corrected chi connectivity index (χ0v) is 20.1. The second-order valence-corrected chi connectivity index (χ2v) is 9.87. The highest BCUT2D eigenvalue weighted by molar-refractivity contribution is 7.19. The summed E-state index contributed by atoms with van der Waals surface area (Å²) in [6.45, 7) is 8.66. The van der Waals surface area contributed by atoms with Crippen molar-refractivity contribution in [1.29, 1.82) is 0 Å². The minimum Gasteiger partial charge on any atom is -0.368 e. The average molecular weight is 465 g/mol. The molecule has 8 nitrogen and oxygen atoms in total. The molecule has 0 aliphatic carbocycles. The lowest BCUT2D eigenvalue weighted by molar-refractivity contribution is -0.121. The Kier molecular flexibility index (Phi) is 6.16. The monoisotopic (exact) mass is 464 g/mol. The van der Waals surface area contributed by atoms with Gasteiger partial charge in [-0.25, -0.2) is 19.7 Å². The number of nitrogens with zero attached hydrogens (tertiary/aromatic N) is 4. The minimum atomic E-state index is -0.570. The zero-order chi connectivity index (χ0) is 23.8. The molecule has 2 aromatic heterocycles. The molecule has 3 heterocycles. The van der Waals surface area contributed by atoms with Gasteiger partial charge in [0.15, 0.2) is 5.13 Å². The standard InChI is InChI=1S/C24H28N6O2S/c1-14-7-9-16(10-8-14)24(3,4)21-26-12-11-17(28-21)19-15(2)27-22(33-19)29-23(32)30-13-5-6-18(30)20(25)31/h7-12,18H,5-6,13H2,1-4H3,(H2,25,31)(H,27,29,32). The number of urea groups is 1. The van der Waals surface area contributed by atoms with E-state index in [1.165, 1.54) is 21.8 Å². The molecule has 3 amide bonds. The predicted octanol–water partition coefficient (Wildman–Crippen LogP) is 4.02. The fourth-order valence-corrected chi connectivity index (χ4v) is 4.97. The van der Waals surface area contributed by atoms with Gasteiger partial charge in [0.05, 0.1) is 16.3 Å². The van der Waals surface area contributed by atoms with E-state index >= 15 is 0 Å². The van der Waals surface area contributed by atoms with Crippen LogP contribution >= 0.6 is 11.3 Å². The first kappa shape index (κ1) is 22.8. The van der Waals surface area contributed by atoms with Gasteiger partial charge in [-0.1, -0.05) is 41.2 Å². The van der Waals surface area contributed by atoms with Gasteiger partial charge in [-0.05, 0) is 52.2 Å². The van der Waals surface area contributed by atoms with Crippen molar-refractivity contribution in [3.8, 4) is 10.6 Å². The van der Waals surface area contributed by atoms with Crippen molar-refractivity contribution >= 4 is 28.4 Å². The summed E-state index contributed by atoms with van der Waals surface area (Å²) in [6.07, 6.45) is 3.10. The number of hydrogen-bond acceptors (Lipinski definition) is 6. The van der Waals surface area contributed by atoms with Crippen LogP contribution in [0.1, 0.15) is 49.3 Å². The van der Waals surface area contributed by atoms with Gasteiger partial charge in [0.1, 0.15) is 11.9 Å². The second kappa shape index (κ2) is 8.90. The fraction of sp³-hybridized carbons (Fsp3) is 0.375. The van der Waals surface area contributed by atoms with Crippen LogP contribution in [0.2, 0.25) is 0 Å². The Morgan fingerprint density at radius 3 is 2.58 bits per heavy atom. The summed E-state index contributed by atoms with van der Waals surface area (Å²) in [5.41, 5.74) is 8.92. The van der Waals surface area contributed by atoms with Gasteiger partial charge in [-0.15, -0.1) is 0 Å². The van der Waals surface area contributed by atoms with Gasteiger partial charge in [-0.3, -0.25) is 10.1 Å². The lowest BCUT2D eigenvalue weighted by Gasteiger charge is -2.24. The molecule has 1 aliphatic heterocycles. The Morgan fingerprint density at radius 2 is 1.88 bits per heavy atom. The number of anilines is 1. The van der Waals surface area contributed by atoms with Gasteiger partial charge in [-0.2, -0.15) is 0 Å². The van der Waals surface area contributed by atoms with Crippen LogP contribution in [0.15, 0.2) is 36.5 Å². The molecule has 3 N–H and O–H groups in total. The van der Waals surface area contributed by atoms with Gasteiger partial charge in [0.2, 0.25) is 5.91 Å². The Bertz CT molecular complexity index is 1190. The van der Waals surface area contributed by atoms with Crippen molar-refractivity contribution in [1.82, 2.24) is 19.9 Å². The van der Waals surface area contributed by atoms with Crippen LogP contribution in [0.25, 0.3) is 10.6 Å². The molecule has 172 valence electrons. The molecule has 1 atom stereocenters. The van der Waals surface area contributed by atoms with Crippen LogP contribution < -0.4 is 11.1 Å². The summed E-state index contributed by atoms with van der Waals surface area (Å²) >= 11 is 1.35. The van der Waals surface area contributed by atoms with Gasteiger partial charge in [0.25, 0.3) is 0 Å². The Morgan fingerprint density at radius 1 is 1.15 bits per heavy atom. The highest BCUT2D eigenvalue weighted by atomic mass is 32.1. The van der Waals surface area contributed by atoms with Crippen LogP contribution in [0.4, 0.5) is 9.93 Å². The smallest absolute Gasteiger partial charge is 0.324 e. The maximum absolute atomic E-state index is 12.7. The normalized spacial score (nSPS) is 16.1. The van der Waals surface area contributed by atoms with Crippen molar-refractivity contribution < 1.29 is 9.59 Å². The SMILES string of the molecule is Cc1ccc(C(C)(C)c2nccc(-c3sc(NC(=O)N4CCCC4C(N)=O)nc3C)n2)cc1. The first-order valence-corrected chi connectivity index (χ1v) is 11.7. The quantitative estimate of drug-likeness (QED) is 0.592. The molecule has 4 rings (SSSR count). The number of thiazole rings is 1. The van der Waals surface area contributed by atoms with Crippen molar-refractivity contribution in [2.45, 2.75) is 52.0 Å². The summed E-state index contributed by atoms with van der Waals surface area (Å²) in [5, 5.41) is 3.28. The van der Waals surface area contributed by atoms with E-state index in [4.69, 9.17) is 10.7 Å². The highest BCUT2D eigenvalue weighted by Crippen LogP contribution is 2.34. The van der Waals surface area contributed by atoms with E-state index in [-0.39, 0.29) is 11.4 Å². The molecule has 0 saturated carbocycles. The van der Waals surface area contributed by atoms with Crippen molar-refractivity contribution in [3.05, 3.63) is 59.2 Å². The first-order chi connectivity index (χ1) is 15.7. The second-order valence-electron chi connectivity index (χ2n) is 8.87. The number of carbonyl (C=O) groups excluding carboxylic acids is 2. The number of aromatic nitrogens is 3. The number of nitrogens with one attached hydrogen (secondary N) is 1. The number of nitrogens with two attached hydrogens (primary N) is 1. The molecule has 0 spiro atoms. The molecule has 1 fully saturated rings. The van der Waals surface area contributed by atoms with Crippen LogP contribution in [-0.2, 0) is 10.2 Å². The zero-order valence-electron chi connectivity index (χ0n) is 19.3. The molecular weight excluding hydrogens is 436 g/mol. The summed E-state index contributed by atoms with van der Waals surface area (Å²) in [4.78, 5) is 40.6. The lowest BCUT2D eigenvalue weighted by atomic mass is 9.83. The van der Waals surface area contributed by atoms with E-state index in [1.807, 2.05) is 13.0 Å². The lowest BCUT2D eigenvalue weighted by Crippen LogP contribution is -2.45. The largest absolute Gasteiger partial charge is 0.368 e. The summed E-state index contributed by atoms with van der Waals surface area (Å²) in [5.74, 6) is 0.229. The molecule has 0 bridgehead atoms. The van der Waals surface area contributed by atoms with E-state index in [2.05, 4.69) is 60.3 Å². The topological polar surface area (TPSA) is 114 Å². The predicted molar refractivity (Wildman–Crippen MR) is 129 cm³/mol. The van der Waals surface area contributed by atoms with Crippen LogP contribution in [0.3, 0.4) is 0 Å². The molecule has 1 unspecified atom stereocenters. The summed E-state index contributed by atoms with van der Waals surface area (Å²) < 4.78 is 0. The fourth-order valence-electron chi connectivity index (χ4n) is 4.04. The van der Waals surface area contributed by atoms with E-state index in [0.29, 0.717) is 23.9 Å². The van der Waals surface area contributed by atoms with Crippen LogP contribution in [-0.4, -0.2) is 44.4 Å². The number of primary amides is 1. The van der Waals surface area contributed by atoms with Crippen molar-refractivity contribution in [3.63, 3.8) is 0 Å².